The second kappa shape index (κ2) is 3.61. The van der Waals surface area contributed by atoms with Gasteiger partial charge in [0, 0.05) is 11.6 Å². The van der Waals surface area contributed by atoms with Crippen LogP contribution in [0.25, 0.3) is 10.9 Å². The van der Waals surface area contributed by atoms with Crippen LogP contribution >= 0.6 is 0 Å². The number of fused-ring (bicyclic) bond motifs is 1. The number of hydrogen-bond acceptors (Lipinski definition) is 2. The summed E-state index contributed by atoms with van der Waals surface area (Å²) in [7, 11) is 0. The average Bonchev–Trinajstić information content (AvgIpc) is 2.82. The van der Waals surface area contributed by atoms with Crippen LogP contribution in [0.3, 0.4) is 0 Å². The van der Waals surface area contributed by atoms with Gasteiger partial charge in [0.25, 0.3) is 0 Å². The quantitative estimate of drug-likeness (QED) is 0.702. The van der Waals surface area contributed by atoms with E-state index in [0.717, 1.165) is 16.8 Å². The molecular formula is C13H14N2. The molecule has 2 heteroatoms. The fraction of sp³-hybridized carbons (Fsp3) is 0.385. The Morgan fingerprint density at radius 2 is 2.00 bits per heavy atom. The van der Waals surface area contributed by atoms with Crippen LogP contribution in [0.5, 0.6) is 0 Å². The molecule has 2 aromatic rings. The van der Waals surface area contributed by atoms with Crippen molar-refractivity contribution in [3.8, 4) is 0 Å². The van der Waals surface area contributed by atoms with Crippen molar-refractivity contribution in [3.63, 3.8) is 0 Å². The maximum atomic E-state index is 4.30. The lowest BCUT2D eigenvalue weighted by molar-refractivity contribution is 0.724. The zero-order valence-corrected chi connectivity index (χ0v) is 8.69. The monoisotopic (exact) mass is 198 g/mol. The van der Waals surface area contributed by atoms with Gasteiger partial charge in [-0.3, -0.25) is 0 Å². The standard InChI is InChI=1S/C13H14N2/c1-2-4-10(3-1)11-5-6-12-8-14-9-15-13(12)7-11/h5-10H,1-4H2. The number of aromatic nitrogens is 2. The van der Waals surface area contributed by atoms with Crippen LogP contribution in [-0.2, 0) is 0 Å². The van der Waals surface area contributed by atoms with Crippen LogP contribution in [0.15, 0.2) is 30.7 Å². The summed E-state index contributed by atoms with van der Waals surface area (Å²) in [6.45, 7) is 0. The smallest absolute Gasteiger partial charge is 0.116 e. The molecule has 1 aromatic carbocycles. The molecule has 3 rings (SSSR count). The third kappa shape index (κ3) is 1.60. The van der Waals surface area contributed by atoms with Crippen LogP contribution in [0.2, 0.25) is 0 Å². The minimum Gasteiger partial charge on any atom is -0.244 e. The molecule has 0 amide bonds. The first-order valence-corrected chi connectivity index (χ1v) is 5.63. The fourth-order valence-electron chi connectivity index (χ4n) is 2.50. The summed E-state index contributed by atoms with van der Waals surface area (Å²) in [6.07, 6.45) is 8.95. The van der Waals surface area contributed by atoms with Gasteiger partial charge in [-0.15, -0.1) is 0 Å². The summed E-state index contributed by atoms with van der Waals surface area (Å²) >= 11 is 0. The SMILES string of the molecule is c1ncc2ccc(C3CCCC3)cc2n1. The summed E-state index contributed by atoms with van der Waals surface area (Å²) < 4.78 is 0. The van der Waals surface area contributed by atoms with Crippen molar-refractivity contribution in [1.29, 1.82) is 0 Å². The first kappa shape index (κ1) is 8.84. The molecule has 0 radical (unpaired) electrons. The molecule has 1 aliphatic rings. The molecule has 0 atom stereocenters. The molecule has 15 heavy (non-hydrogen) atoms. The van der Waals surface area contributed by atoms with E-state index in [1.807, 2.05) is 6.20 Å². The van der Waals surface area contributed by atoms with Crippen molar-refractivity contribution in [1.82, 2.24) is 9.97 Å². The minimum atomic E-state index is 0.768. The third-order valence-electron chi connectivity index (χ3n) is 3.36. The lowest BCUT2D eigenvalue weighted by atomic mass is 9.97. The van der Waals surface area contributed by atoms with E-state index in [9.17, 15) is 0 Å². The van der Waals surface area contributed by atoms with Crippen LogP contribution in [0.1, 0.15) is 37.2 Å². The zero-order chi connectivity index (χ0) is 10.1. The van der Waals surface area contributed by atoms with Gasteiger partial charge in [0.2, 0.25) is 0 Å². The van der Waals surface area contributed by atoms with Gasteiger partial charge in [0.15, 0.2) is 0 Å². The Morgan fingerprint density at radius 1 is 1.13 bits per heavy atom. The molecule has 1 aromatic heterocycles. The molecule has 0 bridgehead atoms. The Morgan fingerprint density at radius 3 is 2.87 bits per heavy atom. The van der Waals surface area contributed by atoms with Crippen LogP contribution in [0.4, 0.5) is 0 Å². The summed E-state index contributed by atoms with van der Waals surface area (Å²) in [5.74, 6) is 0.768. The van der Waals surface area contributed by atoms with Crippen molar-refractivity contribution in [2.75, 3.05) is 0 Å². The van der Waals surface area contributed by atoms with Crippen LogP contribution in [-0.4, -0.2) is 9.97 Å². The third-order valence-corrected chi connectivity index (χ3v) is 3.36. The number of hydrogen-bond donors (Lipinski definition) is 0. The Balaban J connectivity index is 2.05. The number of nitrogens with zero attached hydrogens (tertiary/aromatic N) is 2. The van der Waals surface area contributed by atoms with Crippen molar-refractivity contribution < 1.29 is 0 Å². The summed E-state index contributed by atoms with van der Waals surface area (Å²) in [4.78, 5) is 8.33. The largest absolute Gasteiger partial charge is 0.244 e. The molecule has 0 spiro atoms. The van der Waals surface area contributed by atoms with Crippen LogP contribution < -0.4 is 0 Å². The molecule has 0 N–H and O–H groups in total. The normalized spacial score (nSPS) is 17.3. The minimum absolute atomic E-state index is 0.768. The average molecular weight is 198 g/mol. The lowest BCUT2D eigenvalue weighted by Gasteiger charge is -2.09. The molecule has 2 nitrogen and oxygen atoms in total. The second-order valence-electron chi connectivity index (χ2n) is 4.32. The lowest BCUT2D eigenvalue weighted by Crippen LogP contribution is -1.92. The van der Waals surface area contributed by atoms with Gasteiger partial charge in [-0.1, -0.05) is 25.0 Å². The Hall–Kier alpha value is -1.44. The second-order valence-corrected chi connectivity index (χ2v) is 4.32. The van der Waals surface area contributed by atoms with E-state index in [1.54, 1.807) is 6.33 Å². The highest BCUT2D eigenvalue weighted by Gasteiger charge is 2.16. The fourth-order valence-corrected chi connectivity index (χ4v) is 2.50. The van der Waals surface area contributed by atoms with Crippen molar-refractivity contribution in [3.05, 3.63) is 36.3 Å². The Labute approximate surface area is 89.4 Å². The molecular weight excluding hydrogens is 184 g/mol. The summed E-state index contributed by atoms with van der Waals surface area (Å²) in [5.41, 5.74) is 2.54. The van der Waals surface area contributed by atoms with Gasteiger partial charge in [-0.2, -0.15) is 0 Å². The van der Waals surface area contributed by atoms with Gasteiger partial charge >= 0.3 is 0 Å². The van der Waals surface area contributed by atoms with Crippen molar-refractivity contribution in [2.24, 2.45) is 0 Å². The highest BCUT2D eigenvalue weighted by Crippen LogP contribution is 2.34. The molecule has 1 heterocycles. The van der Waals surface area contributed by atoms with E-state index in [0.29, 0.717) is 0 Å². The highest BCUT2D eigenvalue weighted by atomic mass is 14.8. The molecule has 0 saturated heterocycles. The summed E-state index contributed by atoms with van der Waals surface area (Å²) in [6, 6.07) is 6.61. The van der Waals surface area contributed by atoms with Gasteiger partial charge in [-0.05, 0) is 30.4 Å². The number of rotatable bonds is 1. The molecule has 1 fully saturated rings. The molecule has 1 saturated carbocycles. The molecule has 0 aliphatic heterocycles. The summed E-state index contributed by atoms with van der Waals surface area (Å²) in [5, 5.41) is 1.14. The van der Waals surface area contributed by atoms with Gasteiger partial charge in [0.1, 0.15) is 6.33 Å². The Kier molecular flexibility index (Phi) is 2.13. The maximum Gasteiger partial charge on any atom is 0.116 e. The molecule has 1 aliphatic carbocycles. The zero-order valence-electron chi connectivity index (χ0n) is 8.69. The van der Waals surface area contributed by atoms with E-state index in [-0.39, 0.29) is 0 Å². The topological polar surface area (TPSA) is 25.8 Å². The first-order chi connectivity index (χ1) is 7.43. The van der Waals surface area contributed by atoms with E-state index >= 15 is 0 Å². The predicted molar refractivity (Wildman–Crippen MR) is 60.7 cm³/mol. The van der Waals surface area contributed by atoms with E-state index in [4.69, 9.17) is 0 Å². The van der Waals surface area contributed by atoms with Crippen molar-refractivity contribution >= 4 is 10.9 Å². The predicted octanol–water partition coefficient (Wildman–Crippen LogP) is 3.29. The molecule has 0 unspecified atom stereocenters. The van der Waals surface area contributed by atoms with Gasteiger partial charge in [-0.25, -0.2) is 9.97 Å². The first-order valence-electron chi connectivity index (χ1n) is 5.63. The Bertz CT molecular complexity index is 473. The van der Waals surface area contributed by atoms with E-state index in [2.05, 4.69) is 28.2 Å². The van der Waals surface area contributed by atoms with Gasteiger partial charge < -0.3 is 0 Å². The highest BCUT2D eigenvalue weighted by molar-refractivity contribution is 5.78. The van der Waals surface area contributed by atoms with Crippen molar-refractivity contribution in [2.45, 2.75) is 31.6 Å². The van der Waals surface area contributed by atoms with Crippen LogP contribution in [0, 0.1) is 0 Å². The molecule has 76 valence electrons. The van der Waals surface area contributed by atoms with E-state index in [1.165, 1.54) is 31.2 Å². The van der Waals surface area contributed by atoms with Gasteiger partial charge in [0.05, 0.1) is 5.52 Å². The maximum absolute atomic E-state index is 4.30. The number of benzene rings is 1. The van der Waals surface area contributed by atoms with E-state index < -0.39 is 0 Å².